The Balaban J connectivity index is 0.00000192. The number of rotatable bonds is 4. The van der Waals surface area contributed by atoms with Crippen molar-refractivity contribution in [2.45, 2.75) is 17.5 Å². The first kappa shape index (κ1) is 18.7. The topological polar surface area (TPSA) is 28.2 Å². The average molecular weight is 415 g/mol. The molecule has 0 spiro atoms. The first-order valence-corrected chi connectivity index (χ1v) is 9.47. The highest BCUT2D eigenvalue weighted by Gasteiger charge is 2.24. The van der Waals surface area contributed by atoms with E-state index in [4.69, 9.17) is 0 Å². The first-order chi connectivity index (χ1) is 10.8. The molecule has 1 aliphatic heterocycles. The zero-order valence-electron chi connectivity index (χ0n) is 13.0. The van der Waals surface area contributed by atoms with Crippen LogP contribution in [0.3, 0.4) is 0 Å². The summed E-state index contributed by atoms with van der Waals surface area (Å²) >= 11 is 5.38. The van der Waals surface area contributed by atoms with Gasteiger partial charge in [0.15, 0.2) is 0 Å². The van der Waals surface area contributed by atoms with Gasteiger partial charge in [0.2, 0.25) is 0 Å². The highest BCUT2D eigenvalue weighted by Crippen LogP contribution is 2.29. The molecule has 0 aliphatic carbocycles. The third-order valence-electron chi connectivity index (χ3n) is 4.07. The number of aromatic nitrogens is 1. The summed E-state index contributed by atoms with van der Waals surface area (Å²) in [6.07, 6.45) is 5.91. The van der Waals surface area contributed by atoms with E-state index in [1.165, 1.54) is 16.0 Å². The van der Waals surface area contributed by atoms with Crippen molar-refractivity contribution in [2.75, 3.05) is 25.9 Å². The Morgan fingerprint density at radius 1 is 1.30 bits per heavy atom. The lowest BCUT2D eigenvalue weighted by atomic mass is 10.0. The molecular weight excluding hydrogens is 394 g/mol. The lowest BCUT2D eigenvalue weighted by Crippen LogP contribution is -2.45. The van der Waals surface area contributed by atoms with Crippen molar-refractivity contribution in [1.82, 2.24) is 15.2 Å². The Labute approximate surface area is 156 Å². The van der Waals surface area contributed by atoms with E-state index in [0.717, 1.165) is 30.7 Å². The van der Waals surface area contributed by atoms with Crippen LogP contribution in [0, 0.1) is 0 Å². The summed E-state index contributed by atoms with van der Waals surface area (Å²) in [6.45, 7) is 4.09. The molecule has 0 bridgehead atoms. The van der Waals surface area contributed by atoms with Gasteiger partial charge in [-0.3, -0.25) is 9.88 Å². The van der Waals surface area contributed by atoms with E-state index in [2.05, 4.69) is 67.7 Å². The second-order valence-corrected chi connectivity index (χ2v) is 7.19. The molecule has 0 saturated carbocycles. The fraction of sp³-hybridized carbons (Fsp3) is 0.353. The normalized spacial score (nSPS) is 18.4. The Morgan fingerprint density at radius 2 is 2.09 bits per heavy atom. The van der Waals surface area contributed by atoms with Gasteiger partial charge in [-0.15, -0.1) is 24.2 Å². The monoisotopic (exact) mass is 413 g/mol. The van der Waals surface area contributed by atoms with E-state index in [9.17, 15) is 0 Å². The van der Waals surface area contributed by atoms with E-state index >= 15 is 0 Å². The van der Waals surface area contributed by atoms with Crippen molar-refractivity contribution in [3.63, 3.8) is 0 Å². The number of thioether (sulfide) groups is 1. The molecule has 0 radical (unpaired) electrons. The molecule has 2 heterocycles. The van der Waals surface area contributed by atoms with Gasteiger partial charge in [-0.1, -0.05) is 22.0 Å². The highest BCUT2D eigenvalue weighted by molar-refractivity contribution is 9.10. The van der Waals surface area contributed by atoms with Crippen LogP contribution in [-0.2, 0) is 6.54 Å². The lowest BCUT2D eigenvalue weighted by molar-refractivity contribution is 0.152. The van der Waals surface area contributed by atoms with Crippen molar-refractivity contribution in [3.8, 4) is 0 Å². The minimum absolute atomic E-state index is 0. The number of pyridine rings is 1. The minimum Gasteiger partial charge on any atom is -0.314 e. The summed E-state index contributed by atoms with van der Waals surface area (Å²) < 4.78 is 1.14. The molecule has 0 amide bonds. The van der Waals surface area contributed by atoms with E-state index in [0.29, 0.717) is 6.04 Å². The Morgan fingerprint density at radius 3 is 2.83 bits per heavy atom. The minimum atomic E-state index is 0. The summed E-state index contributed by atoms with van der Waals surface area (Å²) in [6, 6.07) is 11.3. The Kier molecular flexibility index (Phi) is 7.37. The predicted octanol–water partition coefficient (Wildman–Crippen LogP) is 4.13. The molecule has 1 atom stereocenters. The maximum absolute atomic E-state index is 4.14. The number of nitrogens with zero attached hydrogens (tertiary/aromatic N) is 2. The Hall–Kier alpha value is -0.590. The van der Waals surface area contributed by atoms with Crippen molar-refractivity contribution in [3.05, 3.63) is 58.3 Å². The molecule has 3 nitrogen and oxygen atoms in total. The molecule has 1 fully saturated rings. The SMILES string of the molecule is CSc1cc(Br)ccc1CN1CCNCC1c1ccncc1.Cl. The fourth-order valence-corrected chi connectivity index (χ4v) is 4.07. The lowest BCUT2D eigenvalue weighted by Gasteiger charge is -2.36. The molecule has 6 heteroatoms. The number of hydrogen-bond acceptors (Lipinski definition) is 4. The number of benzene rings is 1. The van der Waals surface area contributed by atoms with Crippen LogP contribution in [0.25, 0.3) is 0 Å². The maximum Gasteiger partial charge on any atom is 0.0477 e. The molecule has 1 aromatic carbocycles. The van der Waals surface area contributed by atoms with Gasteiger partial charge in [0, 0.05) is 54.0 Å². The molecule has 1 aliphatic rings. The summed E-state index contributed by atoms with van der Waals surface area (Å²) in [4.78, 5) is 8.05. The third-order valence-corrected chi connectivity index (χ3v) is 5.38. The van der Waals surface area contributed by atoms with Crippen LogP contribution < -0.4 is 5.32 Å². The van der Waals surface area contributed by atoms with Crippen molar-refractivity contribution in [2.24, 2.45) is 0 Å². The number of nitrogens with one attached hydrogen (secondary N) is 1. The van der Waals surface area contributed by atoms with Crippen molar-refractivity contribution < 1.29 is 0 Å². The standard InChI is InChI=1S/C17H20BrN3S.ClH/c1-22-17-10-15(18)3-2-14(17)12-21-9-8-20-11-16(21)13-4-6-19-7-5-13;/h2-7,10,16,20H,8-9,11-12H2,1H3;1H. The van der Waals surface area contributed by atoms with Gasteiger partial charge >= 0.3 is 0 Å². The van der Waals surface area contributed by atoms with E-state index in [1.807, 2.05) is 24.2 Å². The van der Waals surface area contributed by atoms with Gasteiger partial charge in [0.25, 0.3) is 0 Å². The first-order valence-electron chi connectivity index (χ1n) is 7.45. The fourth-order valence-electron chi connectivity index (χ4n) is 2.92. The van der Waals surface area contributed by atoms with Crippen LogP contribution in [0.1, 0.15) is 17.2 Å². The van der Waals surface area contributed by atoms with Gasteiger partial charge in [-0.05, 0) is 41.6 Å². The number of hydrogen-bond donors (Lipinski definition) is 1. The second-order valence-electron chi connectivity index (χ2n) is 5.43. The zero-order valence-corrected chi connectivity index (χ0v) is 16.3. The molecule has 23 heavy (non-hydrogen) atoms. The van der Waals surface area contributed by atoms with Crippen LogP contribution >= 0.6 is 40.1 Å². The molecule has 124 valence electrons. The highest BCUT2D eigenvalue weighted by atomic mass is 79.9. The molecule has 3 rings (SSSR count). The maximum atomic E-state index is 4.14. The van der Waals surface area contributed by atoms with E-state index < -0.39 is 0 Å². The van der Waals surface area contributed by atoms with E-state index in [1.54, 1.807) is 0 Å². The van der Waals surface area contributed by atoms with Gasteiger partial charge in [-0.25, -0.2) is 0 Å². The third kappa shape index (κ3) is 4.70. The van der Waals surface area contributed by atoms with Gasteiger partial charge in [0.1, 0.15) is 0 Å². The molecule has 1 saturated heterocycles. The van der Waals surface area contributed by atoms with Crippen LogP contribution in [0.2, 0.25) is 0 Å². The van der Waals surface area contributed by atoms with Crippen LogP contribution in [0.5, 0.6) is 0 Å². The molecule has 2 aromatic rings. The number of halogens is 2. The summed E-state index contributed by atoms with van der Waals surface area (Å²) in [7, 11) is 0. The van der Waals surface area contributed by atoms with Crippen molar-refractivity contribution >= 4 is 40.1 Å². The second kappa shape index (κ2) is 9.04. The van der Waals surface area contributed by atoms with Crippen LogP contribution in [0.15, 0.2) is 52.1 Å². The number of piperazine rings is 1. The molecule has 1 aromatic heterocycles. The summed E-state index contributed by atoms with van der Waals surface area (Å²) in [5.74, 6) is 0. The summed E-state index contributed by atoms with van der Waals surface area (Å²) in [5, 5.41) is 3.51. The zero-order chi connectivity index (χ0) is 15.4. The van der Waals surface area contributed by atoms with Gasteiger partial charge in [-0.2, -0.15) is 0 Å². The molecular formula is C17H21BrClN3S. The predicted molar refractivity (Wildman–Crippen MR) is 103 cm³/mol. The smallest absolute Gasteiger partial charge is 0.0477 e. The Bertz CT molecular complexity index is 626. The van der Waals surface area contributed by atoms with Crippen molar-refractivity contribution in [1.29, 1.82) is 0 Å². The molecule has 1 unspecified atom stereocenters. The quantitative estimate of drug-likeness (QED) is 0.761. The average Bonchev–Trinajstić information content (AvgIpc) is 2.57. The summed E-state index contributed by atoms with van der Waals surface area (Å²) in [5.41, 5.74) is 2.74. The molecule has 1 N–H and O–H groups in total. The largest absolute Gasteiger partial charge is 0.314 e. The van der Waals surface area contributed by atoms with Gasteiger partial charge < -0.3 is 5.32 Å². The van der Waals surface area contributed by atoms with Crippen LogP contribution in [-0.4, -0.2) is 35.8 Å². The van der Waals surface area contributed by atoms with E-state index in [-0.39, 0.29) is 12.4 Å². The van der Waals surface area contributed by atoms with Crippen LogP contribution in [0.4, 0.5) is 0 Å². The van der Waals surface area contributed by atoms with Gasteiger partial charge in [0.05, 0.1) is 0 Å².